The highest BCUT2D eigenvalue weighted by Crippen LogP contribution is 2.57. The first kappa shape index (κ1) is 27.0. The molecule has 10 nitrogen and oxygen atoms in total. The van der Waals surface area contributed by atoms with Gasteiger partial charge in [-0.05, 0) is 94.2 Å². The van der Waals surface area contributed by atoms with Crippen molar-refractivity contribution in [2.75, 3.05) is 13.2 Å². The van der Waals surface area contributed by atoms with E-state index in [-0.39, 0.29) is 30.1 Å². The molecule has 1 aromatic carbocycles. The lowest BCUT2D eigenvalue weighted by Gasteiger charge is -2.57. The summed E-state index contributed by atoms with van der Waals surface area (Å²) in [6, 6.07) is 9.20. The van der Waals surface area contributed by atoms with Crippen LogP contribution in [0.3, 0.4) is 0 Å². The van der Waals surface area contributed by atoms with Crippen LogP contribution in [0.5, 0.6) is 11.5 Å². The number of carbonyl (C=O) groups is 2. The average molecular weight is 536 g/mol. The molecule has 2 aliphatic carbocycles. The van der Waals surface area contributed by atoms with E-state index in [0.29, 0.717) is 34.7 Å². The van der Waals surface area contributed by atoms with Gasteiger partial charge in [0, 0.05) is 6.04 Å². The number of nitrogens with zero attached hydrogens (tertiary/aromatic N) is 2. The highest BCUT2D eigenvalue weighted by Gasteiger charge is 2.54. The quantitative estimate of drug-likeness (QED) is 0.294. The van der Waals surface area contributed by atoms with E-state index in [1.165, 1.54) is 0 Å². The maximum Gasteiger partial charge on any atom is 0.255 e. The van der Waals surface area contributed by atoms with Crippen molar-refractivity contribution >= 4 is 17.3 Å². The predicted molar refractivity (Wildman–Crippen MR) is 146 cm³/mol. The van der Waals surface area contributed by atoms with Gasteiger partial charge in [-0.3, -0.25) is 9.59 Å². The summed E-state index contributed by atoms with van der Waals surface area (Å²) in [5, 5.41) is 17.3. The fraction of sp³-hybridized carbons (Fsp3) is 0.483. The number of nitrogens with two attached hydrogens (primary N) is 2. The van der Waals surface area contributed by atoms with E-state index in [9.17, 15) is 14.7 Å². The molecule has 39 heavy (non-hydrogen) atoms. The standard InChI is InChI=1S/C29H37N5O5/c1-28(2,37)17-38-20-6-8-24-23(15-32-34(24)16-20)27(36)33-19-11-29(12-19)13-21(14-29)39-25-10-18(4-3-9-30)5-7-22(25)26(31)35/h5-8,10,15-16,19,21,37H,3-4,9,11-14,17,30H2,1-2H3,(H2,31,35)(H,33,36). The van der Waals surface area contributed by atoms with Gasteiger partial charge >= 0.3 is 0 Å². The number of ether oxygens (including phenoxy) is 2. The lowest BCUT2D eigenvalue weighted by Crippen LogP contribution is -2.58. The number of pyridine rings is 1. The Balaban J connectivity index is 1.13. The van der Waals surface area contributed by atoms with Gasteiger partial charge in [-0.15, -0.1) is 0 Å². The third-order valence-electron chi connectivity index (χ3n) is 7.62. The zero-order valence-electron chi connectivity index (χ0n) is 22.5. The Morgan fingerprint density at radius 2 is 1.95 bits per heavy atom. The monoisotopic (exact) mass is 535 g/mol. The molecule has 1 spiro atoms. The van der Waals surface area contributed by atoms with Crippen LogP contribution >= 0.6 is 0 Å². The Bertz CT molecular complexity index is 1360. The van der Waals surface area contributed by atoms with Crippen molar-refractivity contribution in [2.24, 2.45) is 16.9 Å². The lowest BCUT2D eigenvalue weighted by molar-refractivity contribution is -0.0834. The molecule has 3 aromatic rings. The topological polar surface area (TPSA) is 154 Å². The second-order valence-corrected chi connectivity index (χ2v) is 11.7. The SMILES string of the molecule is CC(C)(O)COc1ccc2c(C(=O)NC3CC4(C3)CC(Oc3cc(CCCN)ccc3C(N)=O)C4)cnn2c1. The number of hydrogen-bond acceptors (Lipinski definition) is 7. The van der Waals surface area contributed by atoms with Crippen molar-refractivity contribution in [3.05, 3.63) is 59.4 Å². The summed E-state index contributed by atoms with van der Waals surface area (Å²) in [5.74, 6) is 0.458. The third-order valence-corrected chi connectivity index (χ3v) is 7.62. The van der Waals surface area contributed by atoms with Crippen LogP contribution in [0, 0.1) is 5.41 Å². The Labute approximate surface area is 227 Å². The number of primary amides is 1. The second-order valence-electron chi connectivity index (χ2n) is 11.7. The summed E-state index contributed by atoms with van der Waals surface area (Å²) in [7, 11) is 0. The molecular formula is C29H37N5O5. The van der Waals surface area contributed by atoms with Gasteiger partial charge in [-0.1, -0.05) is 6.07 Å². The maximum absolute atomic E-state index is 13.0. The molecule has 5 rings (SSSR count). The van der Waals surface area contributed by atoms with Gasteiger partial charge in [0.05, 0.1) is 40.7 Å². The van der Waals surface area contributed by atoms with Gasteiger partial charge in [0.25, 0.3) is 11.8 Å². The molecule has 0 aliphatic heterocycles. The van der Waals surface area contributed by atoms with Gasteiger partial charge in [0.2, 0.25) is 0 Å². The molecule has 0 radical (unpaired) electrons. The van der Waals surface area contributed by atoms with Crippen molar-refractivity contribution in [3.8, 4) is 11.5 Å². The van der Waals surface area contributed by atoms with Crippen LogP contribution in [0.2, 0.25) is 0 Å². The number of rotatable bonds is 11. The van der Waals surface area contributed by atoms with Crippen LogP contribution in [0.15, 0.2) is 42.7 Å². The zero-order chi connectivity index (χ0) is 27.8. The number of nitrogens with one attached hydrogen (secondary N) is 1. The molecule has 2 aromatic heterocycles. The van der Waals surface area contributed by atoms with Gasteiger partial charge in [0.1, 0.15) is 18.1 Å². The minimum absolute atomic E-state index is 0.0250. The summed E-state index contributed by atoms with van der Waals surface area (Å²) in [5.41, 5.74) is 13.1. The van der Waals surface area contributed by atoms with E-state index >= 15 is 0 Å². The van der Waals surface area contributed by atoms with E-state index in [1.807, 2.05) is 12.1 Å². The molecule has 0 unspecified atom stereocenters. The summed E-state index contributed by atoms with van der Waals surface area (Å²) in [4.78, 5) is 24.9. The molecule has 10 heteroatoms. The van der Waals surface area contributed by atoms with Crippen molar-refractivity contribution in [1.82, 2.24) is 14.9 Å². The number of hydrogen-bond donors (Lipinski definition) is 4. The smallest absolute Gasteiger partial charge is 0.255 e. The van der Waals surface area contributed by atoms with Crippen molar-refractivity contribution in [2.45, 2.75) is 70.1 Å². The lowest BCUT2D eigenvalue weighted by atomic mass is 9.53. The Hall–Kier alpha value is -3.63. The number of aromatic nitrogens is 2. The van der Waals surface area contributed by atoms with Gasteiger partial charge in [-0.25, -0.2) is 4.52 Å². The molecule has 0 bridgehead atoms. The number of aliphatic hydroxyl groups is 1. The molecular weight excluding hydrogens is 498 g/mol. The van der Waals surface area contributed by atoms with Crippen LogP contribution in [0.25, 0.3) is 5.52 Å². The molecule has 2 saturated carbocycles. The second kappa shape index (κ2) is 10.5. The predicted octanol–water partition coefficient (Wildman–Crippen LogP) is 2.59. The fourth-order valence-electron chi connectivity index (χ4n) is 5.67. The van der Waals surface area contributed by atoms with Crippen molar-refractivity contribution < 1.29 is 24.2 Å². The van der Waals surface area contributed by atoms with E-state index in [0.717, 1.165) is 44.1 Å². The Morgan fingerprint density at radius 3 is 2.64 bits per heavy atom. The van der Waals surface area contributed by atoms with Crippen LogP contribution in [-0.4, -0.2) is 57.4 Å². The normalized spacial score (nSPS) is 22.3. The number of amides is 2. The van der Waals surface area contributed by atoms with Gasteiger partial charge in [-0.2, -0.15) is 5.10 Å². The summed E-state index contributed by atoms with van der Waals surface area (Å²) >= 11 is 0. The molecule has 0 saturated heterocycles. The Kier molecular flexibility index (Phi) is 7.26. The van der Waals surface area contributed by atoms with Gasteiger partial charge < -0.3 is 31.4 Å². The van der Waals surface area contributed by atoms with E-state index in [2.05, 4.69) is 10.4 Å². The number of aryl methyl sites for hydroxylation is 1. The molecule has 2 heterocycles. The highest BCUT2D eigenvalue weighted by molar-refractivity contribution is 6.00. The summed E-state index contributed by atoms with van der Waals surface area (Å²) in [6.45, 7) is 4.10. The van der Waals surface area contributed by atoms with E-state index in [4.69, 9.17) is 20.9 Å². The first-order valence-electron chi connectivity index (χ1n) is 13.5. The van der Waals surface area contributed by atoms with Crippen LogP contribution in [0.1, 0.15) is 72.2 Å². The molecule has 208 valence electrons. The highest BCUT2D eigenvalue weighted by atomic mass is 16.5. The van der Waals surface area contributed by atoms with Gasteiger partial charge in [0.15, 0.2) is 0 Å². The van der Waals surface area contributed by atoms with E-state index < -0.39 is 11.5 Å². The summed E-state index contributed by atoms with van der Waals surface area (Å²) in [6.07, 6.45) is 8.53. The third kappa shape index (κ3) is 6.02. The number of fused-ring (bicyclic) bond motifs is 1. The van der Waals surface area contributed by atoms with Crippen LogP contribution in [-0.2, 0) is 6.42 Å². The largest absolute Gasteiger partial charge is 0.490 e. The Morgan fingerprint density at radius 1 is 1.18 bits per heavy atom. The summed E-state index contributed by atoms with van der Waals surface area (Å²) < 4.78 is 13.4. The number of benzene rings is 1. The first-order chi connectivity index (χ1) is 18.5. The zero-order valence-corrected chi connectivity index (χ0v) is 22.5. The first-order valence-corrected chi connectivity index (χ1v) is 13.5. The molecule has 2 amide bonds. The number of carbonyl (C=O) groups excluding carboxylic acids is 2. The van der Waals surface area contributed by atoms with Crippen LogP contribution in [0.4, 0.5) is 0 Å². The minimum atomic E-state index is -0.946. The molecule has 6 N–H and O–H groups in total. The maximum atomic E-state index is 13.0. The average Bonchev–Trinajstić information content (AvgIpc) is 3.26. The molecule has 0 atom stereocenters. The molecule has 2 fully saturated rings. The van der Waals surface area contributed by atoms with Crippen LogP contribution < -0.4 is 26.3 Å². The minimum Gasteiger partial charge on any atom is -0.490 e. The fourth-order valence-corrected chi connectivity index (χ4v) is 5.67. The van der Waals surface area contributed by atoms with Crippen molar-refractivity contribution in [3.63, 3.8) is 0 Å². The van der Waals surface area contributed by atoms with E-state index in [1.54, 1.807) is 49.0 Å². The van der Waals surface area contributed by atoms with Crippen molar-refractivity contribution in [1.29, 1.82) is 0 Å². The molecule has 2 aliphatic rings.